The van der Waals surface area contributed by atoms with Gasteiger partial charge in [0, 0.05) is 23.7 Å². The number of hydrogen-bond acceptors (Lipinski definition) is 7. The van der Waals surface area contributed by atoms with Crippen molar-refractivity contribution in [3.8, 4) is 0 Å². The maximum absolute atomic E-state index is 14.8. The summed E-state index contributed by atoms with van der Waals surface area (Å²) in [6.07, 6.45) is 12.1. The van der Waals surface area contributed by atoms with Gasteiger partial charge in [0.1, 0.15) is 11.7 Å². The molecule has 0 radical (unpaired) electrons. The highest BCUT2D eigenvalue weighted by molar-refractivity contribution is 5.96. The van der Waals surface area contributed by atoms with Gasteiger partial charge in [0.25, 0.3) is 0 Å². The van der Waals surface area contributed by atoms with Gasteiger partial charge in [0.15, 0.2) is 17.5 Å². The summed E-state index contributed by atoms with van der Waals surface area (Å²) in [5, 5.41) is 24.3. The van der Waals surface area contributed by atoms with Gasteiger partial charge < -0.3 is 19.7 Å². The molecule has 0 heterocycles. The van der Waals surface area contributed by atoms with Gasteiger partial charge in [-0.25, -0.2) is 0 Å². The number of unbranched alkanes of at least 4 members (excludes halogenated alkanes) is 8. The van der Waals surface area contributed by atoms with Crippen LogP contribution in [0.5, 0.6) is 0 Å². The Morgan fingerprint density at radius 1 is 0.978 bits per heavy atom. The molecule has 2 N–H and O–H groups in total. The van der Waals surface area contributed by atoms with E-state index in [1.165, 1.54) is 38.5 Å². The van der Waals surface area contributed by atoms with Crippen LogP contribution in [0.3, 0.4) is 0 Å². The molecule has 2 unspecified atom stereocenters. The number of allylic oxidation sites excluding steroid dienone is 1. The van der Waals surface area contributed by atoms with Crippen LogP contribution >= 0.6 is 0 Å². The Morgan fingerprint density at radius 3 is 2.13 bits per heavy atom. The number of aliphatic hydroxyl groups excluding tert-OH is 1. The number of hydrogen-bond donors (Lipinski definition) is 2. The van der Waals surface area contributed by atoms with Crippen molar-refractivity contribution in [1.29, 1.82) is 0 Å². The summed E-state index contributed by atoms with van der Waals surface area (Å²) in [4.78, 5) is 41.5. The van der Waals surface area contributed by atoms with Gasteiger partial charge in [0.05, 0.1) is 11.3 Å². The summed E-state index contributed by atoms with van der Waals surface area (Å²) in [5.41, 5.74) is -3.91. The van der Waals surface area contributed by atoms with Crippen molar-refractivity contribution >= 4 is 17.7 Å². The van der Waals surface area contributed by atoms with E-state index in [2.05, 4.69) is 20.8 Å². The number of fused-ring (bicyclic) bond motifs is 3. The van der Waals surface area contributed by atoms with Gasteiger partial charge in [-0.05, 0) is 49.7 Å². The van der Waals surface area contributed by atoms with Crippen LogP contribution in [0.4, 0.5) is 0 Å². The number of ketones is 1. The van der Waals surface area contributed by atoms with Gasteiger partial charge in [0.2, 0.25) is 0 Å². The monoisotopic (exact) mass is 628 g/mol. The second-order valence-electron chi connectivity index (χ2n) is 15.9. The standard InChI is InChI=1S/C38H60O7/c1-10-11-12-13-14-15-16-17-18-19-29(39)45-37-22-26(6)36-21-25(5)31(40)38(36,43)33(44-34(42)27(7)23(2)3)24(4)20-28(32(36)41)30(37)35(37,8)9/h20-21,23,26-28,30-31,33,40,43H,10-19,22H2,1-9H3/t26-,27?,28+,30?,31+,33-,36+,37+,38-/m1/s1. The van der Waals surface area contributed by atoms with Crippen molar-refractivity contribution in [2.24, 2.45) is 40.4 Å². The average molecular weight is 629 g/mol. The Balaban J connectivity index is 1.60. The lowest BCUT2D eigenvalue weighted by molar-refractivity contribution is -0.207. The van der Waals surface area contributed by atoms with Gasteiger partial charge in [-0.1, -0.05) is 112 Å². The topological polar surface area (TPSA) is 110 Å². The minimum atomic E-state index is -2.09. The lowest BCUT2D eigenvalue weighted by Crippen LogP contribution is -2.66. The van der Waals surface area contributed by atoms with E-state index >= 15 is 0 Å². The molecule has 254 valence electrons. The first-order chi connectivity index (χ1) is 21.0. The summed E-state index contributed by atoms with van der Waals surface area (Å²) in [6.45, 7) is 17.4. The van der Waals surface area contributed by atoms with Crippen molar-refractivity contribution in [2.45, 2.75) is 156 Å². The fourth-order valence-corrected chi connectivity index (χ4v) is 9.20. The zero-order chi connectivity index (χ0) is 33.5. The molecule has 2 fully saturated rings. The van der Waals surface area contributed by atoms with Crippen LogP contribution in [-0.4, -0.2) is 51.3 Å². The molecule has 0 aromatic heterocycles. The molecule has 1 spiro atoms. The molecule has 0 aromatic carbocycles. The SMILES string of the molecule is CCCCCCCCCCCC(=O)O[C@@]12C[C@@H](C)[C@]34C=C(C)[C@H](O)[C@@]3(O)[C@H](OC(=O)C(C)C(C)C)C(C)=C[C@H](C4=O)C1C2(C)C. The number of carbonyl (C=O) groups is 3. The quantitative estimate of drug-likeness (QED) is 0.118. The van der Waals surface area contributed by atoms with E-state index in [-0.39, 0.29) is 23.6 Å². The second kappa shape index (κ2) is 13.3. The Morgan fingerprint density at radius 2 is 1.56 bits per heavy atom. The zero-order valence-electron chi connectivity index (χ0n) is 29.4. The predicted molar refractivity (Wildman–Crippen MR) is 175 cm³/mol. The minimum Gasteiger partial charge on any atom is -0.458 e. The molecule has 4 aliphatic rings. The van der Waals surface area contributed by atoms with E-state index in [1.54, 1.807) is 26.8 Å². The summed E-state index contributed by atoms with van der Waals surface area (Å²) < 4.78 is 12.5. The van der Waals surface area contributed by atoms with Crippen LogP contribution in [0.25, 0.3) is 0 Å². The lowest BCUT2D eigenvalue weighted by Gasteiger charge is -2.49. The molecule has 0 aliphatic heterocycles. The molecule has 4 aliphatic carbocycles. The molecular formula is C38H60O7. The number of rotatable bonds is 14. The molecule has 0 saturated heterocycles. The Kier molecular flexibility index (Phi) is 10.6. The first-order valence-electron chi connectivity index (χ1n) is 17.8. The highest BCUT2D eigenvalue weighted by atomic mass is 16.6. The van der Waals surface area contributed by atoms with Gasteiger partial charge in [-0.3, -0.25) is 14.4 Å². The van der Waals surface area contributed by atoms with E-state index < -0.39 is 58.0 Å². The first-order valence-corrected chi connectivity index (χ1v) is 17.8. The predicted octanol–water partition coefficient (Wildman–Crippen LogP) is 7.27. The number of carbonyl (C=O) groups excluding carboxylic acids is 3. The summed E-state index contributed by atoms with van der Waals surface area (Å²) >= 11 is 0. The molecule has 7 nitrogen and oxygen atoms in total. The summed E-state index contributed by atoms with van der Waals surface area (Å²) in [7, 11) is 0. The molecule has 2 bridgehead atoms. The van der Waals surface area contributed by atoms with E-state index in [4.69, 9.17) is 9.47 Å². The third-order valence-electron chi connectivity index (χ3n) is 12.4. The fraction of sp³-hybridized carbons (Fsp3) is 0.816. The Bertz CT molecular complexity index is 1200. The van der Waals surface area contributed by atoms with E-state index in [0.29, 0.717) is 24.0 Å². The van der Waals surface area contributed by atoms with E-state index in [1.807, 2.05) is 26.8 Å². The number of aliphatic hydroxyl groups is 2. The average Bonchev–Trinajstić information content (AvgIpc) is 3.39. The molecule has 45 heavy (non-hydrogen) atoms. The van der Waals surface area contributed by atoms with Crippen molar-refractivity contribution in [3.63, 3.8) is 0 Å². The normalized spacial score (nSPS) is 37.1. The molecule has 7 heteroatoms. The Labute approximate surface area is 271 Å². The van der Waals surface area contributed by atoms with Crippen LogP contribution in [0.1, 0.15) is 133 Å². The minimum absolute atomic E-state index is 0.0191. The highest BCUT2D eigenvalue weighted by Crippen LogP contribution is 2.75. The second-order valence-corrected chi connectivity index (χ2v) is 15.9. The van der Waals surface area contributed by atoms with Crippen LogP contribution in [0.2, 0.25) is 0 Å². The molecule has 0 amide bonds. The number of Topliss-reactive ketones (excluding diaryl/α,β-unsaturated/α-hetero) is 1. The third kappa shape index (κ3) is 5.76. The van der Waals surface area contributed by atoms with Crippen molar-refractivity contribution in [3.05, 3.63) is 23.3 Å². The van der Waals surface area contributed by atoms with Crippen LogP contribution in [0, 0.1) is 40.4 Å². The van der Waals surface area contributed by atoms with Crippen molar-refractivity contribution < 1.29 is 34.1 Å². The largest absolute Gasteiger partial charge is 0.458 e. The maximum atomic E-state index is 14.8. The molecular weight excluding hydrogens is 568 g/mol. The third-order valence-corrected chi connectivity index (χ3v) is 12.4. The van der Waals surface area contributed by atoms with Gasteiger partial charge in [-0.15, -0.1) is 0 Å². The van der Waals surface area contributed by atoms with Crippen LogP contribution in [0.15, 0.2) is 23.3 Å². The smallest absolute Gasteiger partial charge is 0.309 e. The summed E-state index contributed by atoms with van der Waals surface area (Å²) in [6, 6.07) is 0. The highest BCUT2D eigenvalue weighted by Gasteiger charge is 2.83. The number of ether oxygens (including phenoxy) is 2. The molecule has 9 atom stereocenters. The molecule has 4 rings (SSSR count). The van der Waals surface area contributed by atoms with E-state index in [0.717, 1.165) is 19.3 Å². The lowest BCUT2D eigenvalue weighted by atomic mass is 9.59. The van der Waals surface area contributed by atoms with Gasteiger partial charge in [-0.2, -0.15) is 0 Å². The first kappa shape index (κ1) is 35.9. The van der Waals surface area contributed by atoms with E-state index in [9.17, 15) is 24.6 Å². The number of esters is 2. The fourth-order valence-electron chi connectivity index (χ4n) is 9.20. The van der Waals surface area contributed by atoms with Gasteiger partial charge >= 0.3 is 11.9 Å². The molecule has 2 saturated carbocycles. The zero-order valence-corrected chi connectivity index (χ0v) is 29.4. The van der Waals surface area contributed by atoms with Crippen molar-refractivity contribution in [1.82, 2.24) is 0 Å². The Hall–Kier alpha value is -1.99. The summed E-state index contributed by atoms with van der Waals surface area (Å²) in [5.74, 6) is -2.77. The van der Waals surface area contributed by atoms with Crippen LogP contribution in [-0.2, 0) is 23.9 Å². The maximum Gasteiger partial charge on any atom is 0.309 e. The molecule has 0 aromatic rings. The van der Waals surface area contributed by atoms with Crippen LogP contribution < -0.4 is 0 Å². The van der Waals surface area contributed by atoms with Crippen molar-refractivity contribution in [2.75, 3.05) is 0 Å².